The average Bonchev–Trinajstić information content (AvgIpc) is 2.90. The molecule has 1 unspecified atom stereocenters. The van der Waals surface area contributed by atoms with E-state index in [2.05, 4.69) is 26.0 Å². The summed E-state index contributed by atoms with van der Waals surface area (Å²) in [6.07, 6.45) is 14.1. The third-order valence-corrected chi connectivity index (χ3v) is 8.65. The van der Waals surface area contributed by atoms with Crippen LogP contribution in [0.2, 0.25) is 0 Å². The molecule has 1 N–H and O–H groups in total. The van der Waals surface area contributed by atoms with Crippen LogP contribution in [0.1, 0.15) is 65.2 Å². The number of fused-ring (bicyclic) bond motifs is 5. The van der Waals surface area contributed by atoms with Crippen molar-refractivity contribution in [3.05, 3.63) is 12.2 Å². The van der Waals surface area contributed by atoms with E-state index in [1.807, 2.05) is 0 Å². The van der Waals surface area contributed by atoms with E-state index in [1.165, 1.54) is 32.1 Å². The van der Waals surface area contributed by atoms with Crippen LogP contribution in [-0.4, -0.2) is 16.9 Å². The lowest BCUT2D eigenvalue weighted by Gasteiger charge is -2.59. The molecule has 0 amide bonds. The molecule has 4 aliphatic carbocycles. The molecule has 0 heterocycles. The second kappa shape index (κ2) is 5.44. The maximum atomic E-state index is 12.2. The monoisotopic (exact) mass is 330 g/mol. The SMILES string of the molecule is C[C@]12CC[C@H]3[C@@H](CCC4CCC=C[C@@]43C)[C@@H]1CC[C@@H]2C(=O)C(=O)O. The zero-order chi connectivity index (χ0) is 17.1. The highest BCUT2D eigenvalue weighted by molar-refractivity contribution is 6.33. The second-order valence-corrected chi connectivity index (χ2v) is 9.34. The number of carboxylic acids is 1. The first-order valence-electron chi connectivity index (χ1n) is 9.83. The normalized spacial score (nSPS) is 49.8. The van der Waals surface area contributed by atoms with Crippen LogP contribution in [0.5, 0.6) is 0 Å². The van der Waals surface area contributed by atoms with Gasteiger partial charge < -0.3 is 5.11 Å². The standard InChI is InChI=1S/C21H30O3/c1-20-11-4-3-5-13(20)6-7-14-15-8-9-17(18(22)19(23)24)21(15,2)12-10-16(14)20/h4,11,13-17H,3,5-10,12H2,1-2H3,(H,23,24)/t13?,14-,15-,16-,17+,20-,21-/m0/s1. The molecular weight excluding hydrogens is 300 g/mol. The minimum Gasteiger partial charge on any atom is -0.475 e. The van der Waals surface area contributed by atoms with E-state index in [4.69, 9.17) is 0 Å². The second-order valence-electron chi connectivity index (χ2n) is 9.34. The van der Waals surface area contributed by atoms with Gasteiger partial charge in [-0.2, -0.15) is 0 Å². The van der Waals surface area contributed by atoms with Crippen molar-refractivity contribution >= 4 is 11.8 Å². The number of hydrogen-bond donors (Lipinski definition) is 1. The molecule has 3 nitrogen and oxygen atoms in total. The Balaban J connectivity index is 1.64. The summed E-state index contributed by atoms with van der Waals surface area (Å²) >= 11 is 0. The summed E-state index contributed by atoms with van der Waals surface area (Å²) in [7, 11) is 0. The van der Waals surface area contributed by atoms with Gasteiger partial charge in [0.15, 0.2) is 0 Å². The van der Waals surface area contributed by atoms with E-state index in [9.17, 15) is 14.7 Å². The number of hydrogen-bond acceptors (Lipinski definition) is 2. The van der Waals surface area contributed by atoms with Crippen molar-refractivity contribution < 1.29 is 14.7 Å². The van der Waals surface area contributed by atoms with Crippen LogP contribution in [0.3, 0.4) is 0 Å². The van der Waals surface area contributed by atoms with Gasteiger partial charge in [0.2, 0.25) is 5.78 Å². The lowest BCUT2D eigenvalue weighted by molar-refractivity contribution is -0.154. The zero-order valence-electron chi connectivity index (χ0n) is 15.0. The smallest absolute Gasteiger partial charge is 0.372 e. The molecule has 24 heavy (non-hydrogen) atoms. The van der Waals surface area contributed by atoms with E-state index in [1.54, 1.807) is 0 Å². The molecular formula is C21H30O3. The molecule has 3 saturated carbocycles. The molecule has 4 aliphatic rings. The highest BCUT2D eigenvalue weighted by Crippen LogP contribution is 2.66. The summed E-state index contributed by atoms with van der Waals surface area (Å²) in [5.74, 6) is 0.756. The van der Waals surface area contributed by atoms with E-state index in [0.29, 0.717) is 17.3 Å². The Morgan fingerprint density at radius 1 is 1.00 bits per heavy atom. The summed E-state index contributed by atoms with van der Waals surface area (Å²) in [6, 6.07) is 0. The minimum absolute atomic E-state index is 0.0851. The Kier molecular flexibility index (Phi) is 3.71. The van der Waals surface area contributed by atoms with Gasteiger partial charge in [-0.05, 0) is 85.9 Å². The lowest BCUT2D eigenvalue weighted by atomic mass is 9.46. The van der Waals surface area contributed by atoms with Gasteiger partial charge in [-0.25, -0.2) is 4.79 Å². The van der Waals surface area contributed by atoms with Gasteiger partial charge in [0.25, 0.3) is 0 Å². The Morgan fingerprint density at radius 2 is 1.79 bits per heavy atom. The molecule has 0 bridgehead atoms. The number of allylic oxidation sites excluding steroid dienone is 2. The molecule has 132 valence electrons. The summed E-state index contributed by atoms with van der Waals surface area (Å²) in [6.45, 7) is 4.69. The van der Waals surface area contributed by atoms with Gasteiger partial charge in [0, 0.05) is 5.92 Å². The van der Waals surface area contributed by atoms with Gasteiger partial charge >= 0.3 is 5.97 Å². The number of Topliss-reactive ketones (excluding diaryl/α,β-unsaturated/α-hetero) is 1. The Bertz CT molecular complexity index is 594. The maximum absolute atomic E-state index is 12.2. The third kappa shape index (κ3) is 2.09. The van der Waals surface area contributed by atoms with Crippen LogP contribution in [0.15, 0.2) is 12.2 Å². The molecule has 0 spiro atoms. The molecule has 3 fully saturated rings. The number of rotatable bonds is 2. The molecule has 7 atom stereocenters. The van der Waals surface area contributed by atoms with Crippen molar-refractivity contribution in [1.82, 2.24) is 0 Å². The number of ketones is 1. The Hall–Kier alpha value is -1.12. The highest BCUT2D eigenvalue weighted by Gasteiger charge is 2.60. The molecule has 0 saturated heterocycles. The zero-order valence-corrected chi connectivity index (χ0v) is 15.0. The molecule has 0 aromatic rings. The van der Waals surface area contributed by atoms with Crippen molar-refractivity contribution in [2.45, 2.75) is 65.2 Å². The molecule has 0 aliphatic heterocycles. The van der Waals surface area contributed by atoms with E-state index >= 15 is 0 Å². The van der Waals surface area contributed by atoms with Crippen LogP contribution >= 0.6 is 0 Å². The van der Waals surface area contributed by atoms with Crippen molar-refractivity contribution in [3.8, 4) is 0 Å². The van der Waals surface area contributed by atoms with Gasteiger partial charge in [0.05, 0.1) is 0 Å². The lowest BCUT2D eigenvalue weighted by Crippen LogP contribution is -2.52. The number of carbonyl (C=O) groups is 2. The van der Waals surface area contributed by atoms with Crippen molar-refractivity contribution in [3.63, 3.8) is 0 Å². The minimum atomic E-state index is -1.23. The summed E-state index contributed by atoms with van der Waals surface area (Å²) in [5, 5.41) is 9.22. The van der Waals surface area contributed by atoms with Gasteiger partial charge in [-0.3, -0.25) is 4.79 Å². The first kappa shape index (κ1) is 16.4. The number of aliphatic carboxylic acids is 1. The molecule has 0 radical (unpaired) electrons. The molecule has 4 rings (SSSR count). The van der Waals surface area contributed by atoms with Crippen molar-refractivity contribution in [2.75, 3.05) is 0 Å². The van der Waals surface area contributed by atoms with Crippen LogP contribution < -0.4 is 0 Å². The maximum Gasteiger partial charge on any atom is 0.372 e. The van der Waals surface area contributed by atoms with Gasteiger partial charge in [-0.15, -0.1) is 0 Å². The molecule has 3 heteroatoms. The van der Waals surface area contributed by atoms with Crippen LogP contribution in [0.25, 0.3) is 0 Å². The highest BCUT2D eigenvalue weighted by atomic mass is 16.4. The fraction of sp³-hybridized carbons (Fsp3) is 0.810. The van der Waals surface area contributed by atoms with E-state index in [0.717, 1.165) is 31.1 Å². The molecule has 0 aromatic heterocycles. The summed E-state index contributed by atoms with van der Waals surface area (Å²) in [4.78, 5) is 23.5. The fourth-order valence-corrected chi connectivity index (χ4v) is 7.40. The van der Waals surface area contributed by atoms with Gasteiger partial charge in [0.1, 0.15) is 0 Å². The predicted molar refractivity (Wildman–Crippen MR) is 92.4 cm³/mol. The predicted octanol–water partition coefficient (Wildman–Crippen LogP) is 4.47. The quantitative estimate of drug-likeness (QED) is 0.600. The van der Waals surface area contributed by atoms with Crippen LogP contribution in [-0.2, 0) is 9.59 Å². The topological polar surface area (TPSA) is 54.4 Å². The fourth-order valence-electron chi connectivity index (χ4n) is 7.40. The Morgan fingerprint density at radius 3 is 2.54 bits per heavy atom. The Labute approximate surface area is 144 Å². The van der Waals surface area contributed by atoms with Gasteiger partial charge in [-0.1, -0.05) is 26.0 Å². The van der Waals surface area contributed by atoms with Crippen molar-refractivity contribution in [1.29, 1.82) is 0 Å². The van der Waals surface area contributed by atoms with E-state index in [-0.39, 0.29) is 11.3 Å². The first-order chi connectivity index (χ1) is 11.4. The summed E-state index contributed by atoms with van der Waals surface area (Å²) < 4.78 is 0. The number of carbonyl (C=O) groups excluding carboxylic acids is 1. The number of carboxylic acid groups (broad SMARTS) is 1. The van der Waals surface area contributed by atoms with E-state index < -0.39 is 11.8 Å². The van der Waals surface area contributed by atoms with Crippen LogP contribution in [0, 0.1) is 40.4 Å². The van der Waals surface area contributed by atoms with Crippen molar-refractivity contribution in [2.24, 2.45) is 40.4 Å². The molecule has 0 aromatic carbocycles. The first-order valence-corrected chi connectivity index (χ1v) is 9.83. The average molecular weight is 330 g/mol. The van der Waals surface area contributed by atoms with Crippen LogP contribution in [0.4, 0.5) is 0 Å². The third-order valence-electron chi connectivity index (χ3n) is 8.65. The summed E-state index contributed by atoms with van der Waals surface area (Å²) in [5.41, 5.74) is 0.246. The largest absolute Gasteiger partial charge is 0.475 e.